The standard InChI is InChI=1S/C23H26Cl2N2O5/c1-23(2,3)32-22(29)27-20(14-4-6-17(24)18(25)12-14)21(28)15-5-7-19(26-13-15)31-16-8-10-30-11-9-16/h4-7,12-13,16,20H,8-11H2,1-3H3,(H,27,29). The third-order valence-corrected chi connectivity index (χ3v) is 5.42. The molecule has 0 radical (unpaired) electrons. The van der Waals surface area contributed by atoms with Gasteiger partial charge in [-0.1, -0.05) is 29.3 Å². The molecule has 0 spiro atoms. The average molecular weight is 481 g/mol. The Hall–Kier alpha value is -2.35. The number of carbonyl (C=O) groups is 2. The number of halogens is 2. The summed E-state index contributed by atoms with van der Waals surface area (Å²) in [6.07, 6.45) is 2.33. The number of Topliss-reactive ketones (excluding diaryl/α,β-unsaturated/α-hetero) is 1. The zero-order valence-electron chi connectivity index (χ0n) is 18.2. The maximum Gasteiger partial charge on any atom is 0.408 e. The minimum absolute atomic E-state index is 0.0376. The van der Waals surface area contributed by atoms with E-state index in [9.17, 15) is 9.59 Å². The Morgan fingerprint density at radius 1 is 1.12 bits per heavy atom. The lowest BCUT2D eigenvalue weighted by Crippen LogP contribution is -2.38. The summed E-state index contributed by atoms with van der Waals surface area (Å²) in [6, 6.07) is 6.96. The van der Waals surface area contributed by atoms with Gasteiger partial charge in [-0.3, -0.25) is 4.79 Å². The van der Waals surface area contributed by atoms with Crippen molar-refractivity contribution >= 4 is 35.1 Å². The van der Waals surface area contributed by atoms with Crippen molar-refractivity contribution in [1.82, 2.24) is 10.3 Å². The van der Waals surface area contributed by atoms with E-state index in [1.54, 1.807) is 51.1 Å². The van der Waals surface area contributed by atoms with Crippen molar-refractivity contribution in [3.8, 4) is 5.88 Å². The van der Waals surface area contributed by atoms with Crippen LogP contribution in [-0.4, -0.2) is 41.8 Å². The number of hydrogen-bond acceptors (Lipinski definition) is 6. The third kappa shape index (κ3) is 6.82. The van der Waals surface area contributed by atoms with Crippen LogP contribution >= 0.6 is 23.2 Å². The molecule has 32 heavy (non-hydrogen) atoms. The summed E-state index contributed by atoms with van der Waals surface area (Å²) >= 11 is 12.2. The first-order valence-electron chi connectivity index (χ1n) is 10.3. The quantitative estimate of drug-likeness (QED) is 0.557. The third-order valence-electron chi connectivity index (χ3n) is 4.68. The molecule has 3 rings (SSSR count). The van der Waals surface area contributed by atoms with E-state index in [-0.39, 0.29) is 16.9 Å². The molecule has 1 aliphatic heterocycles. The lowest BCUT2D eigenvalue weighted by atomic mass is 9.98. The largest absolute Gasteiger partial charge is 0.474 e. The van der Waals surface area contributed by atoms with Gasteiger partial charge in [0.15, 0.2) is 5.78 Å². The fourth-order valence-electron chi connectivity index (χ4n) is 3.14. The second-order valence-electron chi connectivity index (χ2n) is 8.43. The highest BCUT2D eigenvalue weighted by atomic mass is 35.5. The number of carbonyl (C=O) groups excluding carboxylic acids is 2. The molecule has 1 aromatic heterocycles. The van der Waals surface area contributed by atoms with E-state index in [1.165, 1.54) is 6.20 Å². The maximum atomic E-state index is 13.3. The van der Waals surface area contributed by atoms with Crippen molar-refractivity contribution in [2.75, 3.05) is 13.2 Å². The lowest BCUT2D eigenvalue weighted by molar-refractivity contribution is 0.0237. The molecule has 1 N–H and O–H groups in total. The van der Waals surface area contributed by atoms with Crippen LogP contribution in [0.1, 0.15) is 55.6 Å². The van der Waals surface area contributed by atoms with Gasteiger partial charge in [-0.15, -0.1) is 0 Å². The molecule has 2 aromatic rings. The van der Waals surface area contributed by atoms with Gasteiger partial charge in [0.25, 0.3) is 0 Å². The highest BCUT2D eigenvalue weighted by Crippen LogP contribution is 2.28. The number of rotatable bonds is 6. The summed E-state index contributed by atoms with van der Waals surface area (Å²) in [6.45, 7) is 6.53. The minimum atomic E-state index is -1.04. The first-order chi connectivity index (χ1) is 15.1. The number of pyridine rings is 1. The summed E-state index contributed by atoms with van der Waals surface area (Å²) in [4.78, 5) is 30.0. The predicted octanol–water partition coefficient (Wildman–Crippen LogP) is 5.39. The number of amides is 1. The van der Waals surface area contributed by atoms with Crippen LogP contribution in [0.15, 0.2) is 36.5 Å². The lowest BCUT2D eigenvalue weighted by Gasteiger charge is -2.24. The normalized spacial score (nSPS) is 15.7. The summed E-state index contributed by atoms with van der Waals surface area (Å²) in [5.74, 6) is 0.0546. The van der Waals surface area contributed by atoms with Gasteiger partial charge in [-0.2, -0.15) is 0 Å². The van der Waals surface area contributed by atoms with E-state index >= 15 is 0 Å². The van der Waals surface area contributed by atoms with Crippen LogP contribution in [0, 0.1) is 0 Å². The van der Waals surface area contributed by atoms with Crippen molar-refractivity contribution in [1.29, 1.82) is 0 Å². The predicted molar refractivity (Wildman–Crippen MR) is 122 cm³/mol. The molecule has 2 heterocycles. The average Bonchev–Trinajstić information content (AvgIpc) is 2.74. The molecule has 1 saturated heterocycles. The Kier molecular flexibility index (Phi) is 7.98. The van der Waals surface area contributed by atoms with Crippen molar-refractivity contribution < 1.29 is 23.8 Å². The Bertz CT molecular complexity index is 954. The summed E-state index contributed by atoms with van der Waals surface area (Å²) in [7, 11) is 0. The van der Waals surface area contributed by atoms with Crippen LogP contribution in [0.4, 0.5) is 4.79 Å². The van der Waals surface area contributed by atoms with Gasteiger partial charge in [0.1, 0.15) is 17.7 Å². The first-order valence-corrected chi connectivity index (χ1v) is 11.1. The fraction of sp³-hybridized carbons (Fsp3) is 0.435. The van der Waals surface area contributed by atoms with Crippen molar-refractivity contribution in [3.63, 3.8) is 0 Å². The summed E-state index contributed by atoms with van der Waals surface area (Å²) in [5, 5.41) is 3.24. The van der Waals surface area contributed by atoms with Crippen LogP contribution in [0.5, 0.6) is 5.88 Å². The molecule has 7 nitrogen and oxygen atoms in total. The van der Waals surface area contributed by atoms with Crippen LogP contribution in [-0.2, 0) is 9.47 Å². The number of alkyl carbamates (subject to hydrolysis) is 1. The molecule has 0 saturated carbocycles. The van der Waals surface area contributed by atoms with Crippen LogP contribution in [0.25, 0.3) is 0 Å². The van der Waals surface area contributed by atoms with Crippen LogP contribution < -0.4 is 10.1 Å². The van der Waals surface area contributed by atoms with Gasteiger partial charge in [-0.05, 0) is 44.5 Å². The highest BCUT2D eigenvalue weighted by molar-refractivity contribution is 6.42. The van der Waals surface area contributed by atoms with E-state index in [0.29, 0.717) is 35.2 Å². The van der Waals surface area contributed by atoms with Gasteiger partial charge >= 0.3 is 6.09 Å². The Balaban J connectivity index is 1.80. The molecule has 0 aliphatic carbocycles. The number of hydrogen-bond donors (Lipinski definition) is 1. The molecule has 1 fully saturated rings. The molecule has 1 unspecified atom stereocenters. The number of nitrogens with zero attached hydrogens (tertiary/aromatic N) is 1. The van der Waals surface area contributed by atoms with E-state index in [1.807, 2.05) is 0 Å². The maximum absolute atomic E-state index is 13.3. The van der Waals surface area contributed by atoms with E-state index in [0.717, 1.165) is 12.8 Å². The van der Waals surface area contributed by atoms with E-state index in [4.69, 9.17) is 37.4 Å². The number of ether oxygens (including phenoxy) is 3. The zero-order valence-corrected chi connectivity index (χ0v) is 19.7. The van der Waals surface area contributed by atoms with E-state index in [2.05, 4.69) is 10.3 Å². The molecule has 1 amide bonds. The van der Waals surface area contributed by atoms with Gasteiger partial charge < -0.3 is 19.5 Å². The number of nitrogens with one attached hydrogen (secondary N) is 1. The molecule has 9 heteroatoms. The molecule has 1 aromatic carbocycles. The molecule has 0 bridgehead atoms. The van der Waals surface area contributed by atoms with Crippen molar-refractivity contribution in [2.24, 2.45) is 0 Å². The van der Waals surface area contributed by atoms with Gasteiger partial charge in [-0.25, -0.2) is 9.78 Å². The topological polar surface area (TPSA) is 86.8 Å². The van der Waals surface area contributed by atoms with Gasteiger partial charge in [0.2, 0.25) is 5.88 Å². The molecule has 1 atom stereocenters. The molecular formula is C23H26Cl2N2O5. The molecule has 1 aliphatic rings. The number of ketones is 1. The Labute approximate surface area is 197 Å². The van der Waals surface area contributed by atoms with Gasteiger partial charge in [0.05, 0.1) is 23.3 Å². The molecular weight excluding hydrogens is 455 g/mol. The van der Waals surface area contributed by atoms with Crippen molar-refractivity contribution in [2.45, 2.75) is 51.4 Å². The van der Waals surface area contributed by atoms with Crippen molar-refractivity contribution in [3.05, 3.63) is 57.7 Å². The number of benzene rings is 1. The highest BCUT2D eigenvalue weighted by Gasteiger charge is 2.28. The van der Waals surface area contributed by atoms with Crippen LogP contribution in [0.3, 0.4) is 0 Å². The van der Waals surface area contributed by atoms with E-state index < -0.39 is 17.7 Å². The Morgan fingerprint density at radius 2 is 1.84 bits per heavy atom. The number of aromatic nitrogens is 1. The SMILES string of the molecule is CC(C)(C)OC(=O)NC(C(=O)c1ccc(OC2CCOCC2)nc1)c1ccc(Cl)c(Cl)c1. The monoisotopic (exact) mass is 480 g/mol. The second-order valence-corrected chi connectivity index (χ2v) is 9.25. The fourth-order valence-corrected chi connectivity index (χ4v) is 3.45. The first kappa shape index (κ1) is 24.3. The Morgan fingerprint density at radius 3 is 2.44 bits per heavy atom. The minimum Gasteiger partial charge on any atom is -0.474 e. The van der Waals surface area contributed by atoms with Gasteiger partial charge in [0, 0.05) is 30.7 Å². The summed E-state index contributed by atoms with van der Waals surface area (Å²) < 4.78 is 16.5. The second kappa shape index (κ2) is 10.5. The molecule has 172 valence electrons. The zero-order chi connectivity index (χ0) is 23.3. The smallest absolute Gasteiger partial charge is 0.408 e. The summed E-state index contributed by atoms with van der Waals surface area (Å²) in [5.41, 5.74) is 0.0503. The van der Waals surface area contributed by atoms with Crippen LogP contribution in [0.2, 0.25) is 10.0 Å².